The quantitative estimate of drug-likeness (QED) is 0.318. The highest BCUT2D eigenvalue weighted by Crippen LogP contribution is 2.36. The van der Waals surface area contributed by atoms with Gasteiger partial charge in [0.15, 0.2) is 11.5 Å². The fraction of sp³-hybridized carbons (Fsp3) is 0.143. The van der Waals surface area contributed by atoms with Crippen molar-refractivity contribution in [3.05, 3.63) is 84.7 Å². The van der Waals surface area contributed by atoms with Crippen molar-refractivity contribution in [2.75, 3.05) is 20.8 Å². The summed E-state index contributed by atoms with van der Waals surface area (Å²) in [6.45, 7) is 2.37. The molecule has 0 unspecified atom stereocenters. The van der Waals surface area contributed by atoms with E-state index in [0.717, 1.165) is 27.3 Å². The van der Waals surface area contributed by atoms with Gasteiger partial charge in [0.2, 0.25) is 0 Å². The predicted octanol–water partition coefficient (Wildman–Crippen LogP) is 5.96. The Hall–Kier alpha value is -4.32. The minimum atomic E-state index is -0.188. The maximum absolute atomic E-state index is 13.9. The van der Waals surface area contributed by atoms with Crippen molar-refractivity contribution in [2.24, 2.45) is 0 Å². The topological polar surface area (TPSA) is 62.6 Å². The largest absolute Gasteiger partial charge is 0.493 e. The van der Waals surface area contributed by atoms with Crippen LogP contribution in [0.4, 0.5) is 0 Å². The monoisotopic (exact) mass is 452 g/mol. The van der Waals surface area contributed by atoms with Crippen LogP contribution in [0, 0.1) is 0 Å². The Labute approximate surface area is 197 Å². The smallest absolute Gasteiger partial charge is 0.267 e. The molecule has 0 saturated heterocycles. The lowest BCUT2D eigenvalue weighted by Gasteiger charge is -2.14. The van der Waals surface area contributed by atoms with Gasteiger partial charge in [-0.2, -0.15) is 0 Å². The number of pyridine rings is 1. The molecular weight excluding hydrogens is 428 g/mol. The molecule has 0 atom stereocenters. The molecule has 170 valence electrons. The Balaban J connectivity index is 1.67. The molecule has 0 aliphatic carbocycles. The van der Waals surface area contributed by atoms with Gasteiger partial charge in [0.25, 0.3) is 5.91 Å². The number of carbonyl (C=O) groups is 1. The fourth-order valence-electron chi connectivity index (χ4n) is 4.33. The van der Waals surface area contributed by atoms with Crippen molar-refractivity contribution < 1.29 is 19.0 Å². The number of fused-ring (bicyclic) bond motifs is 2. The van der Waals surface area contributed by atoms with E-state index in [1.165, 1.54) is 0 Å². The lowest BCUT2D eigenvalue weighted by molar-refractivity contribution is 0.0962. The Morgan fingerprint density at radius 1 is 0.882 bits per heavy atom. The fourth-order valence-corrected chi connectivity index (χ4v) is 4.33. The number of ether oxygens (including phenoxy) is 3. The first-order valence-corrected chi connectivity index (χ1v) is 11.0. The maximum Gasteiger partial charge on any atom is 0.267 e. The molecule has 0 fully saturated rings. The second-order valence-electron chi connectivity index (χ2n) is 7.75. The molecule has 6 nitrogen and oxygen atoms in total. The average Bonchev–Trinajstić information content (AvgIpc) is 3.32. The molecule has 0 aliphatic heterocycles. The zero-order chi connectivity index (χ0) is 23.7. The van der Waals surface area contributed by atoms with Gasteiger partial charge in [0.1, 0.15) is 11.4 Å². The van der Waals surface area contributed by atoms with Crippen molar-refractivity contribution in [3.8, 4) is 28.4 Å². The lowest BCUT2D eigenvalue weighted by atomic mass is 10.0. The van der Waals surface area contributed by atoms with Crippen LogP contribution in [0.2, 0.25) is 0 Å². The molecule has 3 aromatic carbocycles. The van der Waals surface area contributed by atoms with Crippen LogP contribution in [0.15, 0.2) is 79.1 Å². The van der Waals surface area contributed by atoms with Crippen LogP contribution in [0.1, 0.15) is 17.3 Å². The summed E-state index contributed by atoms with van der Waals surface area (Å²) in [5.41, 5.74) is 2.99. The standard InChI is InChI=1S/C28H24N2O4/c1-4-34-24-12-9-18-7-5-6-8-21(18)26(24)28(31)30-16-14-22-20(13-15-29-27(22)30)19-10-11-23(32-2)25(17-19)33-3/h5-17H,4H2,1-3H3. The molecule has 0 N–H and O–H groups in total. The van der Waals surface area contributed by atoms with Gasteiger partial charge < -0.3 is 14.2 Å². The van der Waals surface area contributed by atoms with E-state index in [9.17, 15) is 4.79 Å². The summed E-state index contributed by atoms with van der Waals surface area (Å²) in [4.78, 5) is 18.4. The lowest BCUT2D eigenvalue weighted by Crippen LogP contribution is -2.14. The number of benzene rings is 3. The number of methoxy groups -OCH3 is 2. The zero-order valence-electron chi connectivity index (χ0n) is 19.2. The summed E-state index contributed by atoms with van der Waals surface area (Å²) in [5, 5.41) is 2.68. The third-order valence-electron chi connectivity index (χ3n) is 5.91. The number of carbonyl (C=O) groups excluding carboxylic acids is 1. The van der Waals surface area contributed by atoms with Gasteiger partial charge >= 0.3 is 0 Å². The van der Waals surface area contributed by atoms with Crippen LogP contribution in [0.25, 0.3) is 32.9 Å². The highest BCUT2D eigenvalue weighted by atomic mass is 16.5. The van der Waals surface area contributed by atoms with E-state index in [1.807, 2.05) is 73.7 Å². The first-order valence-electron chi connectivity index (χ1n) is 11.0. The van der Waals surface area contributed by atoms with E-state index in [0.29, 0.717) is 35.1 Å². The van der Waals surface area contributed by atoms with Gasteiger partial charge in [0.05, 0.1) is 26.4 Å². The summed E-state index contributed by atoms with van der Waals surface area (Å²) in [6, 6.07) is 21.2. The van der Waals surface area contributed by atoms with Crippen LogP contribution in [-0.2, 0) is 0 Å². The highest BCUT2D eigenvalue weighted by Gasteiger charge is 2.21. The van der Waals surface area contributed by atoms with Gasteiger partial charge in [-0.15, -0.1) is 0 Å². The first-order chi connectivity index (χ1) is 16.7. The molecular formula is C28H24N2O4. The summed E-state index contributed by atoms with van der Waals surface area (Å²) in [7, 11) is 3.22. The maximum atomic E-state index is 13.9. The van der Waals surface area contributed by atoms with Crippen LogP contribution >= 0.6 is 0 Å². The van der Waals surface area contributed by atoms with E-state index in [1.54, 1.807) is 31.2 Å². The Morgan fingerprint density at radius 2 is 1.68 bits per heavy atom. The van der Waals surface area contributed by atoms with E-state index in [2.05, 4.69) is 4.98 Å². The van der Waals surface area contributed by atoms with Crippen molar-refractivity contribution in [2.45, 2.75) is 6.92 Å². The SMILES string of the molecule is CCOc1ccc2ccccc2c1C(=O)n1ccc2c(-c3ccc(OC)c(OC)c3)ccnc21. The first kappa shape index (κ1) is 21.5. The minimum Gasteiger partial charge on any atom is -0.493 e. The van der Waals surface area contributed by atoms with Gasteiger partial charge in [-0.05, 0) is 59.2 Å². The minimum absolute atomic E-state index is 0.188. The van der Waals surface area contributed by atoms with Crippen molar-refractivity contribution in [3.63, 3.8) is 0 Å². The third-order valence-corrected chi connectivity index (χ3v) is 5.91. The van der Waals surface area contributed by atoms with Crippen molar-refractivity contribution in [1.82, 2.24) is 9.55 Å². The van der Waals surface area contributed by atoms with E-state index < -0.39 is 0 Å². The van der Waals surface area contributed by atoms with Crippen LogP contribution < -0.4 is 14.2 Å². The van der Waals surface area contributed by atoms with E-state index in [-0.39, 0.29) is 5.91 Å². The van der Waals surface area contributed by atoms with E-state index >= 15 is 0 Å². The van der Waals surface area contributed by atoms with E-state index in [4.69, 9.17) is 14.2 Å². The molecule has 5 aromatic rings. The summed E-state index contributed by atoms with van der Waals surface area (Å²) >= 11 is 0. The molecule has 0 aliphatic rings. The predicted molar refractivity (Wildman–Crippen MR) is 133 cm³/mol. The van der Waals surface area contributed by atoms with Crippen LogP contribution in [0.3, 0.4) is 0 Å². The van der Waals surface area contributed by atoms with Gasteiger partial charge in [-0.25, -0.2) is 4.98 Å². The molecule has 0 radical (unpaired) electrons. The van der Waals surface area contributed by atoms with Crippen LogP contribution in [-0.4, -0.2) is 36.3 Å². The molecule has 2 aromatic heterocycles. The van der Waals surface area contributed by atoms with Gasteiger partial charge in [0, 0.05) is 17.8 Å². The highest BCUT2D eigenvalue weighted by molar-refractivity contribution is 6.13. The number of hydrogen-bond acceptors (Lipinski definition) is 5. The molecule has 2 heterocycles. The normalized spacial score (nSPS) is 11.0. The second-order valence-corrected chi connectivity index (χ2v) is 7.75. The Morgan fingerprint density at radius 3 is 2.47 bits per heavy atom. The van der Waals surface area contributed by atoms with Crippen molar-refractivity contribution in [1.29, 1.82) is 0 Å². The summed E-state index contributed by atoms with van der Waals surface area (Å²) in [6.07, 6.45) is 3.48. The number of hydrogen-bond donors (Lipinski definition) is 0. The van der Waals surface area contributed by atoms with Gasteiger partial charge in [-0.3, -0.25) is 9.36 Å². The molecule has 5 rings (SSSR count). The molecule has 0 amide bonds. The summed E-state index contributed by atoms with van der Waals surface area (Å²) in [5.74, 6) is 1.66. The van der Waals surface area contributed by atoms with Crippen molar-refractivity contribution >= 4 is 27.7 Å². The second kappa shape index (κ2) is 8.90. The van der Waals surface area contributed by atoms with Crippen LogP contribution in [0.5, 0.6) is 17.2 Å². The number of aromatic nitrogens is 2. The third kappa shape index (κ3) is 3.53. The van der Waals surface area contributed by atoms with Gasteiger partial charge in [-0.1, -0.05) is 36.4 Å². The Kier molecular flexibility index (Phi) is 5.64. The Bertz CT molecular complexity index is 1520. The number of rotatable bonds is 6. The number of nitrogens with zero attached hydrogens (tertiary/aromatic N) is 2. The molecule has 0 bridgehead atoms. The average molecular weight is 453 g/mol. The zero-order valence-corrected chi connectivity index (χ0v) is 19.2. The molecule has 0 spiro atoms. The molecule has 0 saturated carbocycles. The molecule has 34 heavy (non-hydrogen) atoms. The summed E-state index contributed by atoms with van der Waals surface area (Å²) < 4.78 is 18.3. The molecule has 6 heteroatoms.